The Morgan fingerprint density at radius 3 is 2.42 bits per heavy atom. The highest BCUT2D eigenvalue weighted by Crippen LogP contribution is 2.20. The van der Waals surface area contributed by atoms with Crippen molar-refractivity contribution in [3.63, 3.8) is 0 Å². The number of nitrogens with one attached hydrogen (secondary N) is 1. The Bertz CT molecular complexity index is 299. The molecule has 1 rings (SSSR count). The summed E-state index contributed by atoms with van der Waals surface area (Å²) >= 11 is 0. The lowest BCUT2D eigenvalue weighted by Gasteiger charge is -2.37. The molecule has 112 valence electrons. The van der Waals surface area contributed by atoms with Crippen LogP contribution >= 0.6 is 0 Å². The normalized spacial score (nSPS) is 36.8. The van der Waals surface area contributed by atoms with E-state index < -0.39 is 55.1 Å². The summed E-state index contributed by atoms with van der Waals surface area (Å²) in [6, 6.07) is 0. The minimum absolute atomic E-state index is 0.341. The number of carbonyl (C=O) groups is 1. The first-order valence-corrected chi connectivity index (χ1v) is 5.58. The van der Waals surface area contributed by atoms with Crippen LogP contribution in [0, 0.1) is 5.21 Å². The molecule has 6 atom stereocenters. The maximum Gasteiger partial charge on any atom is 0.311 e. The van der Waals surface area contributed by atoms with E-state index in [0.29, 0.717) is 0 Å². The highest BCUT2D eigenvalue weighted by molar-refractivity contribution is 5.69. The number of hydroxylamine groups is 2. The molecule has 0 aliphatic carbocycles. The van der Waals surface area contributed by atoms with Gasteiger partial charge in [-0.3, -0.25) is 4.79 Å². The quantitative estimate of drug-likeness (QED) is 0.215. The summed E-state index contributed by atoms with van der Waals surface area (Å²) in [7, 11) is 0. The highest BCUT2D eigenvalue weighted by atomic mass is 16.8. The summed E-state index contributed by atoms with van der Waals surface area (Å²) in [5.41, 5.74) is 0. The van der Waals surface area contributed by atoms with Crippen molar-refractivity contribution < 1.29 is 45.1 Å². The fourth-order valence-electron chi connectivity index (χ4n) is 1.52. The van der Waals surface area contributed by atoms with Gasteiger partial charge in [0.2, 0.25) is 0 Å². The summed E-state index contributed by atoms with van der Waals surface area (Å²) in [6.45, 7) is -0.864. The fraction of sp³-hybridized carbons (Fsp3) is 0.889. The van der Waals surface area contributed by atoms with Crippen molar-refractivity contribution >= 4 is 5.97 Å². The number of ether oxygens (including phenoxy) is 2. The van der Waals surface area contributed by atoms with Gasteiger partial charge in [-0.1, -0.05) is 0 Å². The maximum atomic E-state index is 11.1. The van der Waals surface area contributed by atoms with Crippen LogP contribution < -0.4 is 5.23 Å². The Kier molecular flexibility index (Phi) is 6.03. The minimum atomic E-state index is -1.71. The van der Waals surface area contributed by atoms with Crippen molar-refractivity contribution in [1.29, 1.82) is 0 Å². The largest absolute Gasteiger partial charge is 0.600 e. The third kappa shape index (κ3) is 4.63. The lowest BCUT2D eigenvalue weighted by Crippen LogP contribution is -3.04. The molecule has 6 unspecified atom stereocenters. The predicted octanol–water partition coefficient (Wildman–Crippen LogP) is -4.51. The molecule has 0 aromatic carbocycles. The van der Waals surface area contributed by atoms with Crippen molar-refractivity contribution in [2.75, 3.05) is 13.2 Å². The third-order valence-electron chi connectivity index (χ3n) is 2.64. The molecule has 1 aliphatic heterocycles. The molecule has 6 N–H and O–H groups in total. The fourth-order valence-corrected chi connectivity index (χ4v) is 1.52. The van der Waals surface area contributed by atoms with Crippen LogP contribution in [-0.4, -0.2) is 75.5 Å². The standard InChI is InChI=1S/C9H17NO9/c11-5(1-2-10(16)17)18-3-4-6(12)7(13)8(14)9(15)19-4/h4,6-10,12-16H,1-3H2. The Labute approximate surface area is 107 Å². The Morgan fingerprint density at radius 2 is 1.84 bits per heavy atom. The van der Waals surface area contributed by atoms with E-state index >= 15 is 0 Å². The first kappa shape index (κ1) is 16.2. The SMILES string of the molecule is O=C(CC[NH+]([O-])O)OCC1OC(O)C(O)C(O)C1O. The van der Waals surface area contributed by atoms with Crippen LogP contribution in [0.15, 0.2) is 0 Å². The molecule has 1 heterocycles. The van der Waals surface area contributed by atoms with Crippen LogP contribution in [0.5, 0.6) is 0 Å². The van der Waals surface area contributed by atoms with Crippen molar-refractivity contribution in [2.24, 2.45) is 0 Å². The molecule has 1 saturated heterocycles. The summed E-state index contributed by atoms with van der Waals surface area (Å²) in [4.78, 5) is 11.1. The molecule has 0 amide bonds. The molecule has 10 nitrogen and oxygen atoms in total. The van der Waals surface area contributed by atoms with Gasteiger partial charge in [0.25, 0.3) is 0 Å². The molecular formula is C9H17NO9. The smallest absolute Gasteiger partial charge is 0.311 e. The van der Waals surface area contributed by atoms with Gasteiger partial charge in [-0.25, -0.2) is 10.4 Å². The van der Waals surface area contributed by atoms with E-state index in [4.69, 9.17) is 9.94 Å². The van der Waals surface area contributed by atoms with Gasteiger partial charge in [-0.05, 0) is 0 Å². The molecule has 0 aromatic heterocycles. The van der Waals surface area contributed by atoms with Gasteiger partial charge < -0.3 is 35.1 Å². The Morgan fingerprint density at radius 1 is 1.21 bits per heavy atom. The first-order chi connectivity index (χ1) is 8.82. The lowest BCUT2D eigenvalue weighted by molar-refractivity contribution is -1.05. The second-order valence-corrected chi connectivity index (χ2v) is 4.11. The molecular weight excluding hydrogens is 266 g/mol. The van der Waals surface area contributed by atoms with Crippen LogP contribution in [-0.2, 0) is 14.3 Å². The number of aliphatic hydroxyl groups excluding tert-OH is 4. The van der Waals surface area contributed by atoms with E-state index in [1.807, 2.05) is 0 Å². The zero-order chi connectivity index (χ0) is 14.6. The second kappa shape index (κ2) is 7.07. The van der Waals surface area contributed by atoms with Gasteiger partial charge in [-0.2, -0.15) is 0 Å². The zero-order valence-corrected chi connectivity index (χ0v) is 9.88. The number of rotatable bonds is 5. The van der Waals surface area contributed by atoms with Gasteiger partial charge in [0.1, 0.15) is 37.6 Å². The summed E-state index contributed by atoms with van der Waals surface area (Å²) in [5.74, 6) is -0.812. The molecule has 10 heteroatoms. The van der Waals surface area contributed by atoms with Crippen LogP contribution in [0.1, 0.15) is 6.42 Å². The molecule has 0 radical (unpaired) electrons. The first-order valence-electron chi connectivity index (χ1n) is 5.58. The molecule has 0 bridgehead atoms. The third-order valence-corrected chi connectivity index (χ3v) is 2.64. The molecule has 1 fully saturated rings. The van der Waals surface area contributed by atoms with Gasteiger partial charge in [-0.15, -0.1) is 0 Å². The van der Waals surface area contributed by atoms with Crippen molar-refractivity contribution in [1.82, 2.24) is 0 Å². The number of carbonyl (C=O) groups excluding carboxylic acids is 1. The van der Waals surface area contributed by atoms with Gasteiger partial charge >= 0.3 is 5.97 Å². The topological polar surface area (TPSA) is 164 Å². The summed E-state index contributed by atoms with van der Waals surface area (Å²) < 4.78 is 9.40. The molecule has 0 saturated carbocycles. The number of quaternary nitrogens is 1. The second-order valence-electron chi connectivity index (χ2n) is 4.11. The van der Waals surface area contributed by atoms with E-state index in [2.05, 4.69) is 4.74 Å². The van der Waals surface area contributed by atoms with Gasteiger partial charge in [0.05, 0.1) is 6.42 Å². The van der Waals surface area contributed by atoms with Gasteiger partial charge in [0.15, 0.2) is 6.29 Å². The average Bonchev–Trinajstić information content (AvgIpc) is 2.36. The van der Waals surface area contributed by atoms with Crippen LogP contribution in [0.4, 0.5) is 0 Å². The van der Waals surface area contributed by atoms with Crippen molar-refractivity contribution in [2.45, 2.75) is 37.1 Å². The number of hydrogen-bond acceptors (Lipinski definition) is 9. The van der Waals surface area contributed by atoms with Crippen molar-refractivity contribution in [3.05, 3.63) is 5.21 Å². The van der Waals surface area contributed by atoms with Gasteiger partial charge in [0, 0.05) is 0 Å². The zero-order valence-electron chi connectivity index (χ0n) is 9.88. The lowest BCUT2D eigenvalue weighted by atomic mass is 9.99. The highest BCUT2D eigenvalue weighted by Gasteiger charge is 2.43. The monoisotopic (exact) mass is 283 g/mol. The van der Waals surface area contributed by atoms with Crippen LogP contribution in [0.25, 0.3) is 0 Å². The summed E-state index contributed by atoms with van der Waals surface area (Å²) in [6.07, 6.45) is -8.08. The van der Waals surface area contributed by atoms with Crippen molar-refractivity contribution in [3.8, 4) is 0 Å². The van der Waals surface area contributed by atoms with E-state index in [1.165, 1.54) is 0 Å². The molecule has 0 aromatic rings. The molecule has 1 aliphatic rings. The van der Waals surface area contributed by atoms with E-state index in [0.717, 1.165) is 0 Å². The van der Waals surface area contributed by atoms with E-state index in [1.54, 1.807) is 0 Å². The van der Waals surface area contributed by atoms with E-state index in [-0.39, 0.29) is 6.42 Å². The van der Waals surface area contributed by atoms with Crippen LogP contribution in [0.2, 0.25) is 0 Å². The van der Waals surface area contributed by atoms with Crippen LogP contribution in [0.3, 0.4) is 0 Å². The minimum Gasteiger partial charge on any atom is -0.600 e. The number of aliphatic hydroxyl groups is 4. The average molecular weight is 283 g/mol. The summed E-state index contributed by atoms with van der Waals surface area (Å²) in [5, 5.41) is 54.7. The van der Waals surface area contributed by atoms with E-state index in [9.17, 15) is 30.4 Å². The molecule has 0 spiro atoms. The Balaban J connectivity index is 2.38. The number of esters is 1. The number of hydrogen-bond donors (Lipinski definition) is 6. The predicted molar refractivity (Wildman–Crippen MR) is 55.5 cm³/mol. The Hall–Kier alpha value is -0.850. The maximum absolute atomic E-state index is 11.1. The molecule has 19 heavy (non-hydrogen) atoms.